The molecular weight excluding hydrogens is 406 g/mol. The second-order valence-electron chi connectivity index (χ2n) is 8.07. The van der Waals surface area contributed by atoms with E-state index in [0.29, 0.717) is 13.0 Å². The van der Waals surface area contributed by atoms with Gasteiger partial charge in [0.15, 0.2) is 0 Å². The van der Waals surface area contributed by atoms with Gasteiger partial charge in [0.2, 0.25) is 11.8 Å². The molecular formula is C25H27N3O2S. The Kier molecular flexibility index (Phi) is 6.47. The van der Waals surface area contributed by atoms with Crippen LogP contribution in [0.2, 0.25) is 0 Å². The van der Waals surface area contributed by atoms with Crippen molar-refractivity contribution in [1.82, 2.24) is 9.88 Å². The summed E-state index contributed by atoms with van der Waals surface area (Å²) in [6.07, 6.45) is 2.95. The third-order valence-corrected chi connectivity index (χ3v) is 6.43. The van der Waals surface area contributed by atoms with Crippen LogP contribution in [-0.4, -0.2) is 28.2 Å². The molecule has 0 bridgehead atoms. The fourth-order valence-electron chi connectivity index (χ4n) is 3.87. The number of benzene rings is 2. The van der Waals surface area contributed by atoms with Crippen LogP contribution in [0.3, 0.4) is 0 Å². The first-order valence-corrected chi connectivity index (χ1v) is 11.5. The lowest BCUT2D eigenvalue weighted by molar-refractivity contribution is -0.133. The van der Waals surface area contributed by atoms with Gasteiger partial charge in [0.1, 0.15) is 0 Å². The van der Waals surface area contributed by atoms with Gasteiger partial charge >= 0.3 is 0 Å². The van der Waals surface area contributed by atoms with Crippen molar-refractivity contribution in [2.24, 2.45) is 0 Å². The molecule has 0 aliphatic carbocycles. The van der Waals surface area contributed by atoms with E-state index in [1.165, 1.54) is 5.56 Å². The minimum Gasteiger partial charge on any atom is -0.338 e. The van der Waals surface area contributed by atoms with E-state index >= 15 is 0 Å². The number of likely N-dealkylation sites (tertiary alicyclic amines) is 1. The average Bonchev–Trinajstić information content (AvgIpc) is 3.10. The van der Waals surface area contributed by atoms with Gasteiger partial charge in [-0.3, -0.25) is 9.59 Å². The monoisotopic (exact) mass is 433 g/mol. The van der Waals surface area contributed by atoms with E-state index < -0.39 is 0 Å². The number of hydrogen-bond donors (Lipinski definition) is 1. The van der Waals surface area contributed by atoms with E-state index in [4.69, 9.17) is 0 Å². The summed E-state index contributed by atoms with van der Waals surface area (Å²) in [6.45, 7) is 5.42. The zero-order valence-electron chi connectivity index (χ0n) is 18.0. The first kappa shape index (κ1) is 21.2. The fourth-order valence-corrected chi connectivity index (χ4v) is 4.83. The number of anilines is 1. The van der Waals surface area contributed by atoms with Crippen molar-refractivity contribution in [1.29, 1.82) is 0 Å². The number of carbonyl (C=O) groups excluding carboxylic acids is 2. The summed E-state index contributed by atoms with van der Waals surface area (Å²) in [5, 5.41) is 3.96. The van der Waals surface area contributed by atoms with Gasteiger partial charge in [0.05, 0.1) is 17.1 Å². The van der Waals surface area contributed by atoms with Crippen LogP contribution in [0.1, 0.15) is 40.3 Å². The lowest BCUT2D eigenvalue weighted by atomic mass is 10.1. The van der Waals surface area contributed by atoms with Crippen molar-refractivity contribution in [3.63, 3.8) is 0 Å². The third kappa shape index (κ3) is 5.39. The first-order chi connectivity index (χ1) is 15.0. The number of hydrogen-bond acceptors (Lipinski definition) is 4. The highest BCUT2D eigenvalue weighted by Gasteiger charge is 2.18. The summed E-state index contributed by atoms with van der Waals surface area (Å²) < 4.78 is 0. The molecule has 0 spiro atoms. The van der Waals surface area contributed by atoms with Crippen molar-refractivity contribution < 1.29 is 9.59 Å². The molecule has 31 heavy (non-hydrogen) atoms. The first-order valence-electron chi connectivity index (χ1n) is 10.7. The molecule has 160 valence electrons. The van der Waals surface area contributed by atoms with Crippen LogP contribution in [0, 0.1) is 13.8 Å². The summed E-state index contributed by atoms with van der Waals surface area (Å²) >= 11 is 1.56. The SMILES string of the molecule is Cc1ccc(-c2nc(C)sc2CC(=O)Nc2cccc(CN3CCCCC3=O)c2)cc1. The van der Waals surface area contributed by atoms with Crippen molar-refractivity contribution in [2.45, 2.75) is 46.1 Å². The maximum atomic E-state index is 12.8. The molecule has 0 saturated carbocycles. The molecule has 2 aromatic carbocycles. The van der Waals surface area contributed by atoms with Crippen LogP contribution in [-0.2, 0) is 22.6 Å². The Bertz CT molecular complexity index is 1090. The summed E-state index contributed by atoms with van der Waals surface area (Å²) in [4.78, 5) is 32.4. The number of thiazole rings is 1. The molecule has 1 aliphatic heterocycles. The average molecular weight is 434 g/mol. The zero-order valence-corrected chi connectivity index (χ0v) is 18.8. The second kappa shape index (κ2) is 9.43. The standard InChI is InChI=1S/C25H27N3O2S/c1-17-9-11-20(12-10-17)25-22(31-18(2)26-25)15-23(29)27-21-7-5-6-19(14-21)16-28-13-4-3-8-24(28)30/h5-7,9-12,14H,3-4,8,13,15-16H2,1-2H3,(H,27,29). The van der Waals surface area contributed by atoms with Gasteiger partial charge in [0.25, 0.3) is 0 Å². The molecule has 2 amide bonds. The maximum Gasteiger partial charge on any atom is 0.229 e. The van der Waals surface area contributed by atoms with Gasteiger partial charge in [0, 0.05) is 35.6 Å². The molecule has 6 heteroatoms. The predicted molar refractivity (Wildman–Crippen MR) is 125 cm³/mol. The molecule has 3 aromatic rings. The smallest absolute Gasteiger partial charge is 0.229 e. The normalized spacial score (nSPS) is 14.0. The quantitative estimate of drug-likeness (QED) is 0.587. The molecule has 0 unspecified atom stereocenters. The molecule has 2 heterocycles. The molecule has 1 aliphatic rings. The third-order valence-electron chi connectivity index (χ3n) is 5.46. The largest absolute Gasteiger partial charge is 0.338 e. The summed E-state index contributed by atoms with van der Waals surface area (Å²) in [7, 11) is 0. The number of piperidine rings is 1. The number of nitrogens with one attached hydrogen (secondary N) is 1. The topological polar surface area (TPSA) is 62.3 Å². The van der Waals surface area contributed by atoms with Crippen LogP contribution in [0.4, 0.5) is 5.69 Å². The van der Waals surface area contributed by atoms with Gasteiger partial charge in [-0.15, -0.1) is 11.3 Å². The lowest BCUT2D eigenvalue weighted by Gasteiger charge is -2.26. The molecule has 1 fully saturated rings. The number of amides is 2. The zero-order chi connectivity index (χ0) is 21.8. The number of aromatic nitrogens is 1. The number of rotatable bonds is 6. The molecule has 0 atom stereocenters. The number of carbonyl (C=O) groups is 2. The van der Waals surface area contributed by atoms with Gasteiger partial charge in [-0.2, -0.15) is 0 Å². The Balaban J connectivity index is 1.44. The lowest BCUT2D eigenvalue weighted by Crippen LogP contribution is -2.34. The van der Waals surface area contributed by atoms with Crippen molar-refractivity contribution in [2.75, 3.05) is 11.9 Å². The van der Waals surface area contributed by atoms with Crippen LogP contribution in [0.25, 0.3) is 11.3 Å². The Morgan fingerprint density at radius 1 is 1.13 bits per heavy atom. The Morgan fingerprint density at radius 3 is 2.71 bits per heavy atom. The van der Waals surface area contributed by atoms with Crippen molar-refractivity contribution in [3.8, 4) is 11.3 Å². The minimum atomic E-state index is -0.0665. The van der Waals surface area contributed by atoms with Crippen LogP contribution in [0.5, 0.6) is 0 Å². The number of nitrogens with zero attached hydrogens (tertiary/aromatic N) is 2. The Labute approximate surface area is 187 Å². The van der Waals surface area contributed by atoms with Crippen LogP contribution >= 0.6 is 11.3 Å². The van der Waals surface area contributed by atoms with Gasteiger partial charge in [-0.25, -0.2) is 4.98 Å². The van der Waals surface area contributed by atoms with E-state index in [0.717, 1.165) is 51.8 Å². The van der Waals surface area contributed by atoms with E-state index in [1.807, 2.05) is 36.1 Å². The number of aryl methyl sites for hydroxylation is 2. The molecule has 5 nitrogen and oxygen atoms in total. The van der Waals surface area contributed by atoms with E-state index in [9.17, 15) is 9.59 Å². The van der Waals surface area contributed by atoms with Gasteiger partial charge < -0.3 is 10.2 Å². The highest BCUT2D eigenvalue weighted by molar-refractivity contribution is 7.12. The van der Waals surface area contributed by atoms with Gasteiger partial charge in [-0.05, 0) is 44.4 Å². The van der Waals surface area contributed by atoms with Crippen LogP contribution < -0.4 is 5.32 Å². The van der Waals surface area contributed by atoms with E-state index in [1.54, 1.807) is 11.3 Å². The Morgan fingerprint density at radius 2 is 1.94 bits per heavy atom. The van der Waals surface area contributed by atoms with E-state index in [-0.39, 0.29) is 18.2 Å². The summed E-state index contributed by atoms with van der Waals surface area (Å²) in [5.74, 6) is 0.146. The summed E-state index contributed by atoms with van der Waals surface area (Å²) in [5.41, 5.74) is 4.90. The second-order valence-corrected chi connectivity index (χ2v) is 9.36. The van der Waals surface area contributed by atoms with Crippen molar-refractivity contribution in [3.05, 3.63) is 69.5 Å². The van der Waals surface area contributed by atoms with E-state index in [2.05, 4.69) is 41.5 Å². The highest BCUT2D eigenvalue weighted by atomic mass is 32.1. The fraction of sp³-hybridized carbons (Fsp3) is 0.320. The van der Waals surface area contributed by atoms with Crippen LogP contribution in [0.15, 0.2) is 48.5 Å². The Hall–Kier alpha value is -2.99. The molecule has 1 aromatic heterocycles. The van der Waals surface area contributed by atoms with Gasteiger partial charge in [-0.1, -0.05) is 42.0 Å². The predicted octanol–water partition coefficient (Wildman–Crippen LogP) is 5.12. The molecule has 1 saturated heterocycles. The molecule has 1 N–H and O–H groups in total. The summed E-state index contributed by atoms with van der Waals surface area (Å²) in [6, 6.07) is 16.0. The minimum absolute atomic E-state index is 0.0665. The maximum absolute atomic E-state index is 12.8. The molecule has 4 rings (SSSR count). The van der Waals surface area contributed by atoms with Crippen molar-refractivity contribution >= 4 is 28.8 Å². The highest BCUT2D eigenvalue weighted by Crippen LogP contribution is 2.29. The molecule has 0 radical (unpaired) electrons.